The number of morpholine rings is 1. The van der Waals surface area contributed by atoms with Gasteiger partial charge in [-0.2, -0.15) is 0 Å². The molecule has 5 heteroatoms. The van der Waals surface area contributed by atoms with Crippen LogP contribution < -0.4 is 9.80 Å². The zero-order valence-corrected chi connectivity index (χ0v) is 23.2. The van der Waals surface area contributed by atoms with Crippen molar-refractivity contribution in [2.24, 2.45) is 11.3 Å². The average molecular weight is 492 g/mol. The minimum atomic E-state index is 0. The van der Waals surface area contributed by atoms with Gasteiger partial charge in [-0.05, 0) is 73.6 Å². The lowest BCUT2D eigenvalue weighted by molar-refractivity contribution is 0.122. The normalized spacial score (nSPS) is 24.7. The van der Waals surface area contributed by atoms with E-state index in [0.29, 0.717) is 5.41 Å². The van der Waals surface area contributed by atoms with E-state index < -0.39 is 0 Å². The molecule has 0 aromatic heterocycles. The van der Waals surface area contributed by atoms with Crippen LogP contribution in [-0.4, -0.2) is 63.9 Å². The Hall–Kier alpha value is -0.970. The fourth-order valence-electron chi connectivity index (χ4n) is 6.24. The van der Waals surface area contributed by atoms with Crippen LogP contribution in [0.4, 0.5) is 11.4 Å². The molecule has 0 atom stereocenters. The number of nitrogens with zero attached hydrogens (tertiary/aromatic N) is 3. The number of halogens is 1. The number of ether oxygens (including phenoxy) is 1. The van der Waals surface area contributed by atoms with Crippen molar-refractivity contribution in [2.75, 3.05) is 68.8 Å². The molecule has 0 unspecified atom stereocenters. The highest BCUT2D eigenvalue weighted by molar-refractivity contribution is 5.85. The van der Waals surface area contributed by atoms with Crippen LogP contribution in [0.1, 0.15) is 84.1 Å². The summed E-state index contributed by atoms with van der Waals surface area (Å²) in [7, 11) is 0. The monoisotopic (exact) mass is 491 g/mol. The zero-order valence-electron chi connectivity index (χ0n) is 22.4. The first-order valence-electron chi connectivity index (χ1n) is 13.9. The maximum atomic E-state index is 5.62. The molecule has 0 bridgehead atoms. The largest absolute Gasteiger partial charge is 0.378 e. The molecule has 1 aliphatic carbocycles. The fourth-order valence-corrected chi connectivity index (χ4v) is 6.24. The van der Waals surface area contributed by atoms with E-state index in [1.165, 1.54) is 89.0 Å². The summed E-state index contributed by atoms with van der Waals surface area (Å²) in [6, 6.07) is 7.43. The highest BCUT2D eigenvalue weighted by Gasteiger charge is 2.32. The number of hydrogen-bond acceptors (Lipinski definition) is 4. The Morgan fingerprint density at radius 1 is 0.853 bits per heavy atom. The van der Waals surface area contributed by atoms with Crippen LogP contribution in [0.3, 0.4) is 0 Å². The molecular weight excluding hydrogens is 442 g/mol. The van der Waals surface area contributed by atoms with E-state index in [-0.39, 0.29) is 12.4 Å². The fraction of sp³-hybridized carbons (Fsp3) is 0.793. The van der Waals surface area contributed by atoms with Crippen LogP contribution in [0.2, 0.25) is 0 Å². The van der Waals surface area contributed by atoms with Gasteiger partial charge in [-0.1, -0.05) is 46.6 Å². The summed E-state index contributed by atoms with van der Waals surface area (Å²) in [6.07, 6.45) is 9.49. The Morgan fingerprint density at radius 3 is 2.15 bits per heavy atom. The first-order valence-corrected chi connectivity index (χ1v) is 13.9. The lowest BCUT2D eigenvalue weighted by Crippen LogP contribution is -2.47. The first kappa shape index (κ1) is 27.6. The molecule has 0 amide bonds. The molecule has 1 saturated carbocycles. The Balaban J connectivity index is 0.00000324. The summed E-state index contributed by atoms with van der Waals surface area (Å²) in [6.45, 7) is 19.4. The van der Waals surface area contributed by atoms with E-state index in [2.05, 4.69) is 60.6 Å². The van der Waals surface area contributed by atoms with Crippen LogP contribution in [0, 0.1) is 11.3 Å². The van der Waals surface area contributed by atoms with Gasteiger partial charge < -0.3 is 14.5 Å². The predicted molar refractivity (Wildman–Crippen MR) is 149 cm³/mol. The van der Waals surface area contributed by atoms with Crippen molar-refractivity contribution in [1.82, 2.24) is 4.90 Å². The molecule has 4 nitrogen and oxygen atoms in total. The van der Waals surface area contributed by atoms with E-state index in [0.717, 1.165) is 38.1 Å². The maximum absolute atomic E-state index is 5.62. The number of benzene rings is 1. The summed E-state index contributed by atoms with van der Waals surface area (Å²) >= 11 is 0. The topological polar surface area (TPSA) is 19.0 Å². The van der Waals surface area contributed by atoms with Gasteiger partial charge in [0.2, 0.25) is 0 Å². The number of anilines is 2. The van der Waals surface area contributed by atoms with Crippen molar-refractivity contribution in [1.29, 1.82) is 0 Å². The highest BCUT2D eigenvalue weighted by atomic mass is 35.5. The SMILES string of the molecule is CCCCCN1CCN(c2cc(N3CCOCC3)ccc2C2CCC(C(C)(C)C)CC2)CC1.Cl. The second-order valence-electron chi connectivity index (χ2n) is 11.8. The molecule has 34 heavy (non-hydrogen) atoms. The Labute approximate surface area is 215 Å². The van der Waals surface area contributed by atoms with Gasteiger partial charge in [-0.3, -0.25) is 4.90 Å². The molecule has 0 N–H and O–H groups in total. The third kappa shape index (κ3) is 7.04. The van der Waals surface area contributed by atoms with Crippen molar-refractivity contribution >= 4 is 23.8 Å². The van der Waals surface area contributed by atoms with E-state index >= 15 is 0 Å². The molecule has 3 aliphatic rings. The Morgan fingerprint density at radius 2 is 1.53 bits per heavy atom. The quantitative estimate of drug-likeness (QED) is 0.401. The second kappa shape index (κ2) is 12.8. The standard InChI is InChI=1S/C29H49N3O.ClH/c1-5-6-7-14-30-15-17-32(18-16-30)28-23-26(31-19-21-33-22-20-31)12-13-27(28)24-8-10-25(11-9-24)29(2,3)4;/h12-13,23-25H,5-11,14-22H2,1-4H3;1H. The van der Waals surface area contributed by atoms with Crippen molar-refractivity contribution in [3.8, 4) is 0 Å². The third-order valence-electron chi connectivity index (χ3n) is 8.57. The van der Waals surface area contributed by atoms with Crippen LogP contribution in [0.25, 0.3) is 0 Å². The summed E-state index contributed by atoms with van der Waals surface area (Å²) in [5.41, 5.74) is 5.00. The molecule has 2 saturated heterocycles. The molecule has 1 aromatic rings. The minimum absolute atomic E-state index is 0. The summed E-state index contributed by atoms with van der Waals surface area (Å²) < 4.78 is 5.62. The van der Waals surface area contributed by atoms with Gasteiger partial charge in [0.05, 0.1) is 13.2 Å². The average Bonchev–Trinajstić information content (AvgIpc) is 2.84. The molecule has 2 aliphatic heterocycles. The first-order chi connectivity index (χ1) is 16.0. The molecule has 3 fully saturated rings. The number of hydrogen-bond donors (Lipinski definition) is 0. The van der Waals surface area contributed by atoms with Crippen molar-refractivity contribution in [3.63, 3.8) is 0 Å². The predicted octanol–water partition coefficient (Wildman–Crippen LogP) is 6.58. The van der Waals surface area contributed by atoms with Gasteiger partial charge in [0.15, 0.2) is 0 Å². The van der Waals surface area contributed by atoms with Crippen molar-refractivity contribution in [3.05, 3.63) is 23.8 Å². The van der Waals surface area contributed by atoms with Crippen LogP contribution in [-0.2, 0) is 4.74 Å². The van der Waals surface area contributed by atoms with Gasteiger partial charge in [-0.25, -0.2) is 0 Å². The highest BCUT2D eigenvalue weighted by Crippen LogP contribution is 2.46. The Kier molecular flexibility index (Phi) is 10.4. The molecule has 1 aromatic carbocycles. The zero-order chi connectivity index (χ0) is 23.3. The number of rotatable bonds is 7. The lowest BCUT2D eigenvalue weighted by atomic mass is 9.68. The van der Waals surface area contributed by atoms with Gasteiger partial charge in [0.25, 0.3) is 0 Å². The van der Waals surface area contributed by atoms with E-state index in [9.17, 15) is 0 Å². The van der Waals surface area contributed by atoms with Crippen LogP contribution in [0.15, 0.2) is 18.2 Å². The molecule has 194 valence electrons. The van der Waals surface area contributed by atoms with Crippen molar-refractivity contribution < 1.29 is 4.74 Å². The van der Waals surface area contributed by atoms with Gasteiger partial charge in [0, 0.05) is 50.6 Å². The molecule has 0 spiro atoms. The molecule has 0 radical (unpaired) electrons. The third-order valence-corrected chi connectivity index (χ3v) is 8.57. The van der Waals surface area contributed by atoms with E-state index in [1.54, 1.807) is 5.56 Å². The maximum Gasteiger partial charge on any atom is 0.0642 e. The summed E-state index contributed by atoms with van der Waals surface area (Å²) in [5, 5.41) is 0. The minimum Gasteiger partial charge on any atom is -0.378 e. The van der Waals surface area contributed by atoms with Crippen LogP contribution in [0.5, 0.6) is 0 Å². The summed E-state index contributed by atoms with van der Waals surface area (Å²) in [4.78, 5) is 7.92. The summed E-state index contributed by atoms with van der Waals surface area (Å²) in [5.74, 6) is 1.59. The van der Waals surface area contributed by atoms with E-state index in [4.69, 9.17) is 4.74 Å². The lowest BCUT2D eigenvalue weighted by Gasteiger charge is -2.41. The number of unbranched alkanes of at least 4 members (excludes halogenated alkanes) is 2. The van der Waals surface area contributed by atoms with E-state index in [1.807, 2.05) is 0 Å². The van der Waals surface area contributed by atoms with Crippen molar-refractivity contribution in [2.45, 2.75) is 78.6 Å². The molecule has 4 rings (SSSR count). The van der Waals surface area contributed by atoms with Gasteiger partial charge in [0.1, 0.15) is 0 Å². The number of piperazine rings is 1. The van der Waals surface area contributed by atoms with Gasteiger partial charge >= 0.3 is 0 Å². The van der Waals surface area contributed by atoms with Crippen LogP contribution >= 0.6 is 12.4 Å². The molecule has 2 heterocycles. The van der Waals surface area contributed by atoms with Gasteiger partial charge in [-0.15, -0.1) is 12.4 Å². The smallest absolute Gasteiger partial charge is 0.0642 e. The second-order valence-corrected chi connectivity index (χ2v) is 11.8. The molecular formula is C29H50ClN3O. The Bertz CT molecular complexity index is 727.